The zero-order chi connectivity index (χ0) is 25.5. The van der Waals surface area contributed by atoms with Crippen LogP contribution in [0.1, 0.15) is 65.3 Å². The zero-order valence-electron chi connectivity index (χ0n) is 20.7. The van der Waals surface area contributed by atoms with Gasteiger partial charge in [0.1, 0.15) is 5.82 Å². The second-order valence-corrected chi connectivity index (χ2v) is 9.48. The van der Waals surface area contributed by atoms with Gasteiger partial charge >= 0.3 is 5.97 Å². The zero-order valence-corrected chi connectivity index (χ0v) is 20.7. The van der Waals surface area contributed by atoms with Crippen molar-refractivity contribution >= 4 is 23.3 Å². The van der Waals surface area contributed by atoms with Crippen LogP contribution in [0.4, 0.5) is 15.8 Å². The highest BCUT2D eigenvalue weighted by Crippen LogP contribution is 2.26. The largest absolute Gasteiger partial charge is 0.481 e. The molecule has 3 aromatic rings. The topological polar surface area (TPSA) is 78.4 Å². The number of carbonyl (C=O) groups excluding carboxylic acids is 1. The number of carboxylic acid groups (broad SMARTS) is 1. The predicted octanol–water partition coefficient (Wildman–Crippen LogP) is 6.72. The lowest BCUT2D eigenvalue weighted by atomic mass is 9.93. The summed E-state index contributed by atoms with van der Waals surface area (Å²) in [4.78, 5) is 24.8. The number of hydrogen-bond acceptors (Lipinski definition) is 3. The smallest absolute Gasteiger partial charge is 0.303 e. The number of nitrogens with one attached hydrogen (secondary N) is 2. The Balaban J connectivity index is 1.94. The van der Waals surface area contributed by atoms with Crippen LogP contribution in [0.3, 0.4) is 0 Å². The summed E-state index contributed by atoms with van der Waals surface area (Å²) in [6, 6.07) is 17.4. The van der Waals surface area contributed by atoms with E-state index in [-0.39, 0.29) is 30.6 Å². The summed E-state index contributed by atoms with van der Waals surface area (Å²) >= 11 is 0. The average Bonchev–Trinajstić information content (AvgIpc) is 2.76. The first-order valence-electron chi connectivity index (χ1n) is 11.9. The highest BCUT2D eigenvalue weighted by atomic mass is 19.1. The fourth-order valence-corrected chi connectivity index (χ4v) is 4.25. The monoisotopic (exact) mass is 476 g/mol. The second-order valence-electron chi connectivity index (χ2n) is 9.48. The van der Waals surface area contributed by atoms with Gasteiger partial charge in [-0.15, -0.1) is 0 Å². The third-order valence-corrected chi connectivity index (χ3v) is 5.73. The van der Waals surface area contributed by atoms with E-state index in [1.807, 2.05) is 13.8 Å². The molecule has 6 heteroatoms. The van der Waals surface area contributed by atoms with E-state index in [0.717, 1.165) is 23.1 Å². The third-order valence-electron chi connectivity index (χ3n) is 5.73. The molecule has 35 heavy (non-hydrogen) atoms. The van der Waals surface area contributed by atoms with Gasteiger partial charge in [0.15, 0.2) is 0 Å². The van der Waals surface area contributed by atoms with Gasteiger partial charge in [0.25, 0.3) is 5.91 Å². The Morgan fingerprint density at radius 3 is 2.26 bits per heavy atom. The first kappa shape index (κ1) is 25.9. The third kappa shape index (κ3) is 7.67. The molecule has 0 saturated heterocycles. The standard InChI is InChI=1S/C29H33FN2O3/c1-18(2)12-27(22-14-19(3)13-20(4)15-22)32-29(35)26-17-25(10-8-21(26)9-11-28(33)34)31-24-7-5-6-23(30)16-24/h5-8,10,13-18,27,31H,9,11-12H2,1-4H3,(H,32,35)(H,33,34)/t27-/m1/s1. The number of halogens is 1. The van der Waals surface area contributed by atoms with Gasteiger partial charge in [0, 0.05) is 23.4 Å². The minimum Gasteiger partial charge on any atom is -0.481 e. The molecule has 0 radical (unpaired) electrons. The van der Waals surface area contributed by atoms with Crippen molar-refractivity contribution in [3.05, 3.63) is 94.3 Å². The summed E-state index contributed by atoms with van der Waals surface area (Å²) < 4.78 is 13.6. The van der Waals surface area contributed by atoms with Gasteiger partial charge in [0.2, 0.25) is 0 Å². The van der Waals surface area contributed by atoms with E-state index in [1.54, 1.807) is 30.3 Å². The molecular weight excluding hydrogens is 443 g/mol. The lowest BCUT2D eigenvalue weighted by molar-refractivity contribution is -0.136. The fourth-order valence-electron chi connectivity index (χ4n) is 4.25. The molecule has 0 aromatic heterocycles. The maximum absolute atomic E-state index is 13.6. The van der Waals surface area contributed by atoms with Gasteiger partial charge in [-0.2, -0.15) is 0 Å². The normalized spacial score (nSPS) is 11.8. The van der Waals surface area contributed by atoms with Crippen LogP contribution in [0.15, 0.2) is 60.7 Å². The van der Waals surface area contributed by atoms with Crippen LogP contribution >= 0.6 is 0 Å². The number of rotatable bonds is 10. The number of hydrogen-bond donors (Lipinski definition) is 3. The highest BCUT2D eigenvalue weighted by Gasteiger charge is 2.20. The summed E-state index contributed by atoms with van der Waals surface area (Å²) in [6.07, 6.45) is 0.917. The SMILES string of the molecule is Cc1cc(C)cc([C@@H](CC(C)C)NC(=O)c2cc(Nc3cccc(F)c3)ccc2CCC(=O)O)c1. The van der Waals surface area contributed by atoms with Gasteiger partial charge in [-0.3, -0.25) is 9.59 Å². The van der Waals surface area contributed by atoms with Crippen LogP contribution in [0.25, 0.3) is 0 Å². The van der Waals surface area contributed by atoms with Crippen molar-refractivity contribution in [1.82, 2.24) is 5.32 Å². The number of aliphatic carboxylic acids is 1. The van der Waals surface area contributed by atoms with E-state index in [0.29, 0.717) is 28.4 Å². The van der Waals surface area contributed by atoms with Crippen molar-refractivity contribution in [3.8, 4) is 0 Å². The Bertz CT molecular complexity index is 1190. The van der Waals surface area contributed by atoms with Gasteiger partial charge < -0.3 is 15.7 Å². The van der Waals surface area contributed by atoms with Gasteiger partial charge in [-0.1, -0.05) is 55.3 Å². The summed E-state index contributed by atoms with van der Waals surface area (Å²) in [7, 11) is 0. The Labute approximate surface area is 206 Å². The van der Waals surface area contributed by atoms with Gasteiger partial charge in [0.05, 0.1) is 6.04 Å². The van der Waals surface area contributed by atoms with E-state index in [4.69, 9.17) is 0 Å². The summed E-state index contributed by atoms with van der Waals surface area (Å²) in [5, 5.41) is 15.5. The molecule has 5 nitrogen and oxygen atoms in total. The number of aryl methyl sites for hydroxylation is 3. The first-order chi connectivity index (χ1) is 16.6. The summed E-state index contributed by atoms with van der Waals surface area (Å²) in [6.45, 7) is 8.31. The highest BCUT2D eigenvalue weighted by molar-refractivity contribution is 5.97. The molecule has 3 N–H and O–H groups in total. The quantitative estimate of drug-likeness (QED) is 0.303. The number of carboxylic acids is 1. The molecule has 3 rings (SSSR count). The fraction of sp³-hybridized carbons (Fsp3) is 0.310. The second kappa shape index (κ2) is 11.6. The lowest BCUT2D eigenvalue weighted by Crippen LogP contribution is -2.30. The molecule has 1 atom stereocenters. The van der Waals surface area contributed by atoms with Crippen molar-refractivity contribution in [2.45, 2.75) is 53.0 Å². The minimum absolute atomic E-state index is 0.0799. The molecular formula is C29H33FN2O3. The molecule has 0 aliphatic carbocycles. The van der Waals surface area contributed by atoms with Crippen molar-refractivity contribution in [3.63, 3.8) is 0 Å². The van der Waals surface area contributed by atoms with Crippen molar-refractivity contribution < 1.29 is 19.1 Å². The molecule has 0 aliphatic heterocycles. The molecule has 0 heterocycles. The maximum atomic E-state index is 13.6. The van der Waals surface area contributed by atoms with Crippen LogP contribution in [0.2, 0.25) is 0 Å². The van der Waals surface area contributed by atoms with E-state index < -0.39 is 5.97 Å². The first-order valence-corrected chi connectivity index (χ1v) is 11.9. The van der Waals surface area contributed by atoms with Crippen molar-refractivity contribution in [1.29, 1.82) is 0 Å². The van der Waals surface area contributed by atoms with Crippen LogP contribution in [0, 0.1) is 25.6 Å². The lowest BCUT2D eigenvalue weighted by Gasteiger charge is -2.23. The molecule has 0 fully saturated rings. The summed E-state index contributed by atoms with van der Waals surface area (Å²) in [5.41, 5.74) is 5.54. The Kier molecular flexibility index (Phi) is 8.63. The summed E-state index contributed by atoms with van der Waals surface area (Å²) in [5.74, 6) is -1.20. The number of amides is 1. The molecule has 0 spiro atoms. The van der Waals surface area contributed by atoms with Gasteiger partial charge in [-0.25, -0.2) is 4.39 Å². The van der Waals surface area contributed by atoms with Crippen LogP contribution < -0.4 is 10.6 Å². The molecule has 0 saturated carbocycles. The van der Waals surface area contributed by atoms with Crippen molar-refractivity contribution in [2.75, 3.05) is 5.32 Å². The van der Waals surface area contributed by atoms with Gasteiger partial charge in [-0.05, 0) is 74.1 Å². The Morgan fingerprint density at radius 1 is 0.943 bits per heavy atom. The van der Waals surface area contributed by atoms with Crippen LogP contribution in [0.5, 0.6) is 0 Å². The molecule has 184 valence electrons. The number of benzene rings is 3. The number of carbonyl (C=O) groups is 2. The van der Waals surface area contributed by atoms with E-state index in [1.165, 1.54) is 12.1 Å². The van der Waals surface area contributed by atoms with E-state index in [2.05, 4.69) is 42.7 Å². The Hall–Kier alpha value is -3.67. The predicted molar refractivity (Wildman–Crippen MR) is 138 cm³/mol. The van der Waals surface area contributed by atoms with Crippen LogP contribution in [-0.2, 0) is 11.2 Å². The van der Waals surface area contributed by atoms with Crippen LogP contribution in [-0.4, -0.2) is 17.0 Å². The van der Waals surface area contributed by atoms with E-state index >= 15 is 0 Å². The molecule has 1 amide bonds. The molecule has 3 aromatic carbocycles. The Morgan fingerprint density at radius 2 is 1.63 bits per heavy atom. The van der Waals surface area contributed by atoms with Crippen molar-refractivity contribution in [2.24, 2.45) is 5.92 Å². The maximum Gasteiger partial charge on any atom is 0.303 e. The molecule has 0 unspecified atom stereocenters. The molecule has 0 aliphatic rings. The minimum atomic E-state index is -0.925. The molecule has 0 bridgehead atoms. The average molecular weight is 477 g/mol. The van der Waals surface area contributed by atoms with E-state index in [9.17, 15) is 19.1 Å². The number of anilines is 2.